The minimum absolute atomic E-state index is 0.00982. The summed E-state index contributed by atoms with van der Waals surface area (Å²) in [6.07, 6.45) is 7.49. The van der Waals surface area contributed by atoms with Gasteiger partial charge in [0.25, 0.3) is 5.91 Å². The minimum Gasteiger partial charge on any atom is -0.352 e. The molecule has 2 aliphatic rings. The molecule has 1 saturated heterocycles. The fraction of sp³-hybridized carbons (Fsp3) is 0.579. The van der Waals surface area contributed by atoms with Crippen molar-refractivity contribution in [3.8, 4) is 0 Å². The molecular formula is C19H26N2O2. The summed E-state index contributed by atoms with van der Waals surface area (Å²) in [5.41, 5.74) is 1.68. The number of hydrogen-bond acceptors (Lipinski definition) is 2. The van der Waals surface area contributed by atoms with Gasteiger partial charge in [0.2, 0.25) is 5.91 Å². The van der Waals surface area contributed by atoms with Gasteiger partial charge in [0.05, 0.1) is 0 Å². The Morgan fingerprint density at radius 3 is 2.52 bits per heavy atom. The van der Waals surface area contributed by atoms with Crippen molar-refractivity contribution < 1.29 is 9.59 Å². The van der Waals surface area contributed by atoms with Gasteiger partial charge in [-0.1, -0.05) is 37.5 Å². The number of nitrogens with one attached hydrogen (secondary N) is 1. The number of likely N-dealkylation sites (tertiary alicyclic amines) is 1. The SMILES string of the molecule is Cc1ccccc1C(=O)N1CCC[C@@H]1C(=O)NC1CCCCC1. The second-order valence-corrected chi connectivity index (χ2v) is 6.82. The van der Waals surface area contributed by atoms with Crippen LogP contribution >= 0.6 is 0 Å². The molecule has 3 rings (SSSR count). The number of benzene rings is 1. The van der Waals surface area contributed by atoms with Crippen LogP contribution in [0.25, 0.3) is 0 Å². The third-order valence-corrected chi connectivity index (χ3v) is 5.14. The minimum atomic E-state index is -0.302. The first kappa shape index (κ1) is 16.0. The lowest BCUT2D eigenvalue weighted by molar-refractivity contribution is -0.125. The van der Waals surface area contributed by atoms with E-state index in [1.807, 2.05) is 31.2 Å². The zero-order valence-corrected chi connectivity index (χ0v) is 13.9. The maximum absolute atomic E-state index is 12.8. The zero-order chi connectivity index (χ0) is 16.2. The Balaban J connectivity index is 1.68. The number of amides is 2. The predicted molar refractivity (Wildman–Crippen MR) is 90.3 cm³/mol. The van der Waals surface area contributed by atoms with E-state index in [1.54, 1.807) is 4.90 Å². The van der Waals surface area contributed by atoms with Crippen LogP contribution in [0, 0.1) is 6.92 Å². The van der Waals surface area contributed by atoms with Gasteiger partial charge in [-0.05, 0) is 44.2 Å². The van der Waals surface area contributed by atoms with Crippen molar-refractivity contribution in [2.24, 2.45) is 0 Å². The first-order valence-electron chi connectivity index (χ1n) is 8.84. The zero-order valence-electron chi connectivity index (χ0n) is 13.9. The average molecular weight is 314 g/mol. The van der Waals surface area contributed by atoms with Gasteiger partial charge in [-0.3, -0.25) is 9.59 Å². The van der Waals surface area contributed by atoms with Crippen molar-refractivity contribution in [2.75, 3.05) is 6.54 Å². The van der Waals surface area contributed by atoms with Crippen LogP contribution in [0.4, 0.5) is 0 Å². The molecule has 1 aliphatic heterocycles. The van der Waals surface area contributed by atoms with Crippen LogP contribution in [0.3, 0.4) is 0 Å². The van der Waals surface area contributed by atoms with Crippen LogP contribution in [0.5, 0.6) is 0 Å². The van der Waals surface area contributed by atoms with Gasteiger partial charge < -0.3 is 10.2 Å². The van der Waals surface area contributed by atoms with Crippen molar-refractivity contribution in [1.82, 2.24) is 10.2 Å². The van der Waals surface area contributed by atoms with Crippen molar-refractivity contribution in [3.63, 3.8) is 0 Å². The highest BCUT2D eigenvalue weighted by molar-refractivity contribution is 5.99. The molecule has 0 unspecified atom stereocenters. The van der Waals surface area contributed by atoms with Crippen LogP contribution in [-0.2, 0) is 4.79 Å². The van der Waals surface area contributed by atoms with Crippen molar-refractivity contribution >= 4 is 11.8 Å². The quantitative estimate of drug-likeness (QED) is 0.932. The van der Waals surface area contributed by atoms with E-state index in [9.17, 15) is 9.59 Å². The Hall–Kier alpha value is -1.84. The standard InChI is InChI=1S/C19H26N2O2/c1-14-8-5-6-11-16(14)19(23)21-13-7-12-17(21)18(22)20-15-9-3-2-4-10-15/h5-6,8,11,15,17H,2-4,7,9-10,12-13H2,1H3,(H,20,22)/t17-/m1/s1. The summed E-state index contributed by atoms with van der Waals surface area (Å²) in [7, 11) is 0. The molecule has 1 aromatic rings. The van der Waals surface area contributed by atoms with Crippen molar-refractivity contribution in [2.45, 2.75) is 64.0 Å². The van der Waals surface area contributed by atoms with E-state index in [0.29, 0.717) is 18.2 Å². The van der Waals surface area contributed by atoms with Crippen LogP contribution in [-0.4, -0.2) is 35.3 Å². The predicted octanol–water partition coefficient (Wildman–Crippen LogP) is 3.05. The summed E-state index contributed by atoms with van der Waals surface area (Å²) in [6.45, 7) is 2.62. The molecule has 1 saturated carbocycles. The molecule has 1 atom stereocenters. The summed E-state index contributed by atoms with van der Waals surface area (Å²) < 4.78 is 0. The summed E-state index contributed by atoms with van der Waals surface area (Å²) in [4.78, 5) is 27.2. The number of carbonyl (C=O) groups is 2. The molecule has 0 spiro atoms. The maximum Gasteiger partial charge on any atom is 0.254 e. The van der Waals surface area contributed by atoms with Crippen LogP contribution < -0.4 is 5.32 Å². The lowest BCUT2D eigenvalue weighted by Gasteiger charge is -2.28. The van der Waals surface area contributed by atoms with Gasteiger partial charge in [-0.15, -0.1) is 0 Å². The molecule has 0 radical (unpaired) electrons. The summed E-state index contributed by atoms with van der Waals surface area (Å²) in [5, 5.41) is 3.18. The van der Waals surface area contributed by atoms with Gasteiger partial charge in [-0.25, -0.2) is 0 Å². The maximum atomic E-state index is 12.8. The van der Waals surface area contributed by atoms with Crippen LogP contribution in [0.15, 0.2) is 24.3 Å². The third kappa shape index (κ3) is 3.57. The highest BCUT2D eigenvalue weighted by Gasteiger charge is 2.35. The Morgan fingerprint density at radius 2 is 1.78 bits per heavy atom. The largest absolute Gasteiger partial charge is 0.352 e. The molecule has 1 aliphatic carbocycles. The lowest BCUT2D eigenvalue weighted by Crippen LogP contribution is -2.49. The molecule has 4 heteroatoms. The first-order valence-corrected chi connectivity index (χ1v) is 8.84. The van der Waals surface area contributed by atoms with E-state index in [1.165, 1.54) is 19.3 Å². The topological polar surface area (TPSA) is 49.4 Å². The van der Waals surface area contributed by atoms with Gasteiger partial charge in [0.1, 0.15) is 6.04 Å². The Labute approximate surface area is 138 Å². The molecule has 2 amide bonds. The lowest BCUT2D eigenvalue weighted by atomic mass is 9.95. The van der Waals surface area contributed by atoms with E-state index in [0.717, 1.165) is 31.2 Å². The summed E-state index contributed by atoms with van der Waals surface area (Å²) in [6, 6.07) is 7.61. The third-order valence-electron chi connectivity index (χ3n) is 5.14. The number of nitrogens with zero attached hydrogens (tertiary/aromatic N) is 1. The average Bonchev–Trinajstić information content (AvgIpc) is 3.05. The fourth-order valence-corrected chi connectivity index (χ4v) is 3.79. The highest BCUT2D eigenvalue weighted by Crippen LogP contribution is 2.23. The van der Waals surface area contributed by atoms with E-state index in [-0.39, 0.29) is 17.9 Å². The van der Waals surface area contributed by atoms with Crippen LogP contribution in [0.2, 0.25) is 0 Å². The van der Waals surface area contributed by atoms with Gasteiger partial charge in [0, 0.05) is 18.2 Å². The monoisotopic (exact) mass is 314 g/mol. The molecule has 2 fully saturated rings. The van der Waals surface area contributed by atoms with Crippen LogP contribution in [0.1, 0.15) is 60.9 Å². The van der Waals surface area contributed by atoms with E-state index in [2.05, 4.69) is 5.32 Å². The number of aryl methyl sites for hydroxylation is 1. The van der Waals surface area contributed by atoms with Crippen molar-refractivity contribution in [3.05, 3.63) is 35.4 Å². The molecule has 124 valence electrons. The molecule has 23 heavy (non-hydrogen) atoms. The normalized spacial score (nSPS) is 22.1. The summed E-state index contributed by atoms with van der Waals surface area (Å²) >= 11 is 0. The van der Waals surface area contributed by atoms with E-state index >= 15 is 0 Å². The molecule has 1 heterocycles. The van der Waals surface area contributed by atoms with E-state index in [4.69, 9.17) is 0 Å². The van der Waals surface area contributed by atoms with E-state index < -0.39 is 0 Å². The molecular weight excluding hydrogens is 288 g/mol. The Bertz CT molecular complexity index is 578. The number of rotatable bonds is 3. The molecule has 0 bridgehead atoms. The smallest absolute Gasteiger partial charge is 0.254 e. The highest BCUT2D eigenvalue weighted by atomic mass is 16.2. The molecule has 4 nitrogen and oxygen atoms in total. The van der Waals surface area contributed by atoms with Gasteiger partial charge >= 0.3 is 0 Å². The summed E-state index contributed by atoms with van der Waals surface area (Å²) in [5.74, 6) is 0.0285. The van der Waals surface area contributed by atoms with Gasteiger partial charge in [0.15, 0.2) is 0 Å². The number of hydrogen-bond donors (Lipinski definition) is 1. The molecule has 1 aromatic carbocycles. The number of carbonyl (C=O) groups excluding carboxylic acids is 2. The second kappa shape index (κ2) is 7.16. The van der Waals surface area contributed by atoms with Gasteiger partial charge in [-0.2, -0.15) is 0 Å². The second-order valence-electron chi connectivity index (χ2n) is 6.82. The molecule has 0 aromatic heterocycles. The Kier molecular flexibility index (Phi) is 4.99. The van der Waals surface area contributed by atoms with Crippen molar-refractivity contribution in [1.29, 1.82) is 0 Å². The first-order chi connectivity index (χ1) is 11.2. The fourth-order valence-electron chi connectivity index (χ4n) is 3.79. The molecule has 1 N–H and O–H groups in total. The Morgan fingerprint density at radius 1 is 1.04 bits per heavy atom.